The number of furan rings is 1. The first-order valence-electron chi connectivity index (χ1n) is 10.9. The number of anilines is 1. The second-order valence-electron chi connectivity index (χ2n) is 7.71. The SMILES string of the molecule is O=S(=O)(c1ccc(Cl)cc1)N(Cc1ccccc1)Cc1ccc(/C=N\NC(=S)Nc2ccccc2)o1. The van der Waals surface area contributed by atoms with Gasteiger partial charge >= 0.3 is 0 Å². The minimum atomic E-state index is -3.82. The summed E-state index contributed by atoms with van der Waals surface area (Å²) in [6.45, 7) is 0.214. The Morgan fingerprint density at radius 3 is 2.28 bits per heavy atom. The predicted octanol–water partition coefficient (Wildman–Crippen LogP) is 5.64. The molecular formula is C26H23ClN4O3S2. The number of sulfonamides is 1. The Bertz CT molecular complexity index is 1430. The van der Waals surface area contributed by atoms with Crippen LogP contribution in [0.3, 0.4) is 0 Å². The van der Waals surface area contributed by atoms with E-state index in [-0.39, 0.29) is 18.0 Å². The van der Waals surface area contributed by atoms with Gasteiger partial charge in [0.05, 0.1) is 17.7 Å². The maximum absolute atomic E-state index is 13.4. The molecule has 10 heteroatoms. The minimum absolute atomic E-state index is 0.0368. The van der Waals surface area contributed by atoms with Gasteiger partial charge in [0.2, 0.25) is 10.0 Å². The van der Waals surface area contributed by atoms with Crippen molar-refractivity contribution >= 4 is 50.9 Å². The molecule has 0 bridgehead atoms. The highest BCUT2D eigenvalue weighted by atomic mass is 35.5. The van der Waals surface area contributed by atoms with Gasteiger partial charge in [-0.2, -0.15) is 9.41 Å². The molecule has 0 spiro atoms. The standard InChI is InChI=1S/C26H23ClN4O3S2/c27-21-11-15-25(16-12-21)36(32,33)31(18-20-7-3-1-4-8-20)19-24-14-13-23(34-24)17-28-30-26(35)29-22-9-5-2-6-10-22/h1-17H,18-19H2,(H2,29,30,35)/b28-17-. The zero-order chi connectivity index (χ0) is 25.4. The summed E-state index contributed by atoms with van der Waals surface area (Å²) in [4.78, 5) is 0.153. The van der Waals surface area contributed by atoms with Gasteiger partial charge in [-0.05, 0) is 66.3 Å². The Morgan fingerprint density at radius 1 is 0.917 bits per heavy atom. The van der Waals surface area contributed by atoms with Crippen LogP contribution < -0.4 is 10.7 Å². The van der Waals surface area contributed by atoms with Crippen molar-refractivity contribution < 1.29 is 12.8 Å². The van der Waals surface area contributed by atoms with E-state index >= 15 is 0 Å². The van der Waals surface area contributed by atoms with Crippen molar-refractivity contribution in [3.05, 3.63) is 119 Å². The Balaban J connectivity index is 1.46. The number of rotatable bonds is 9. The van der Waals surface area contributed by atoms with E-state index in [0.29, 0.717) is 21.7 Å². The average Bonchev–Trinajstić information content (AvgIpc) is 3.32. The zero-order valence-corrected chi connectivity index (χ0v) is 21.4. The van der Waals surface area contributed by atoms with E-state index in [4.69, 9.17) is 28.2 Å². The first kappa shape index (κ1) is 25.6. The largest absolute Gasteiger partial charge is 0.459 e. The van der Waals surface area contributed by atoms with Crippen molar-refractivity contribution in [1.82, 2.24) is 9.73 Å². The van der Waals surface area contributed by atoms with E-state index in [1.165, 1.54) is 22.7 Å². The number of benzene rings is 3. The van der Waals surface area contributed by atoms with Crippen molar-refractivity contribution in [3.8, 4) is 0 Å². The van der Waals surface area contributed by atoms with Crippen LogP contribution in [0.1, 0.15) is 17.1 Å². The van der Waals surface area contributed by atoms with Crippen molar-refractivity contribution in [2.45, 2.75) is 18.0 Å². The molecule has 36 heavy (non-hydrogen) atoms. The third-order valence-corrected chi connectivity index (χ3v) is 7.31. The second-order valence-corrected chi connectivity index (χ2v) is 10.5. The van der Waals surface area contributed by atoms with Gasteiger partial charge in [-0.3, -0.25) is 5.43 Å². The lowest BCUT2D eigenvalue weighted by Crippen LogP contribution is -2.30. The number of thiocarbonyl (C=S) groups is 1. The van der Waals surface area contributed by atoms with E-state index < -0.39 is 10.0 Å². The molecule has 2 N–H and O–H groups in total. The molecular weight excluding hydrogens is 516 g/mol. The topological polar surface area (TPSA) is 86.9 Å². The van der Waals surface area contributed by atoms with Gasteiger partial charge in [0.25, 0.3) is 0 Å². The number of hydrogen-bond donors (Lipinski definition) is 2. The quantitative estimate of drug-likeness (QED) is 0.163. The van der Waals surface area contributed by atoms with E-state index in [1.807, 2.05) is 60.7 Å². The maximum atomic E-state index is 13.4. The van der Waals surface area contributed by atoms with Crippen LogP contribution in [-0.2, 0) is 23.1 Å². The molecule has 0 fully saturated rings. The summed E-state index contributed by atoms with van der Waals surface area (Å²) in [7, 11) is -3.82. The number of para-hydroxylation sites is 1. The fraction of sp³-hybridized carbons (Fsp3) is 0.0769. The number of hydrogen-bond acceptors (Lipinski definition) is 5. The van der Waals surface area contributed by atoms with Gasteiger partial charge in [-0.15, -0.1) is 0 Å². The van der Waals surface area contributed by atoms with Gasteiger partial charge in [-0.25, -0.2) is 8.42 Å². The van der Waals surface area contributed by atoms with Gasteiger partial charge in [0.15, 0.2) is 5.11 Å². The smallest absolute Gasteiger partial charge is 0.243 e. The highest BCUT2D eigenvalue weighted by molar-refractivity contribution is 7.89. The van der Waals surface area contributed by atoms with Crippen molar-refractivity contribution in [2.75, 3.05) is 5.32 Å². The lowest BCUT2D eigenvalue weighted by molar-refractivity contribution is 0.357. The van der Waals surface area contributed by atoms with Crippen LogP contribution in [0.5, 0.6) is 0 Å². The Kier molecular flexibility index (Phi) is 8.50. The molecule has 0 aliphatic rings. The third-order valence-electron chi connectivity index (χ3n) is 5.06. The molecule has 0 saturated heterocycles. The summed E-state index contributed by atoms with van der Waals surface area (Å²) in [6, 6.07) is 28.4. The molecule has 0 amide bonds. The fourth-order valence-corrected chi connectivity index (χ4v) is 5.02. The fourth-order valence-electron chi connectivity index (χ4n) is 3.33. The molecule has 0 saturated carbocycles. The highest BCUT2D eigenvalue weighted by Crippen LogP contribution is 2.23. The monoisotopic (exact) mass is 538 g/mol. The summed E-state index contributed by atoms with van der Waals surface area (Å²) in [5.41, 5.74) is 4.42. The molecule has 0 unspecified atom stereocenters. The van der Waals surface area contributed by atoms with Gasteiger partial charge < -0.3 is 9.73 Å². The van der Waals surface area contributed by atoms with E-state index in [9.17, 15) is 8.42 Å². The molecule has 4 aromatic rings. The van der Waals surface area contributed by atoms with E-state index in [0.717, 1.165) is 11.3 Å². The molecule has 3 aromatic carbocycles. The van der Waals surface area contributed by atoms with E-state index in [2.05, 4.69) is 15.8 Å². The molecule has 0 radical (unpaired) electrons. The molecule has 1 heterocycles. The Labute approximate surface area is 220 Å². The van der Waals surface area contributed by atoms with Crippen LogP contribution in [-0.4, -0.2) is 24.1 Å². The summed E-state index contributed by atoms with van der Waals surface area (Å²) in [5.74, 6) is 0.915. The first-order valence-corrected chi connectivity index (χ1v) is 13.2. The normalized spacial score (nSPS) is 11.6. The van der Waals surface area contributed by atoms with Crippen LogP contribution in [0.2, 0.25) is 5.02 Å². The van der Waals surface area contributed by atoms with Crippen LogP contribution in [0.15, 0.2) is 111 Å². The number of halogens is 1. The summed E-state index contributed by atoms with van der Waals surface area (Å²) < 4.78 is 34.1. The average molecular weight is 539 g/mol. The summed E-state index contributed by atoms with van der Waals surface area (Å²) in [6.07, 6.45) is 1.47. The molecule has 0 aliphatic carbocycles. The molecule has 0 aliphatic heterocycles. The van der Waals surface area contributed by atoms with Crippen LogP contribution >= 0.6 is 23.8 Å². The van der Waals surface area contributed by atoms with Crippen molar-refractivity contribution in [2.24, 2.45) is 5.10 Å². The highest BCUT2D eigenvalue weighted by Gasteiger charge is 2.26. The zero-order valence-electron chi connectivity index (χ0n) is 19.0. The van der Waals surface area contributed by atoms with Gasteiger partial charge in [0, 0.05) is 17.3 Å². The van der Waals surface area contributed by atoms with Crippen LogP contribution in [0.4, 0.5) is 5.69 Å². The van der Waals surface area contributed by atoms with Crippen LogP contribution in [0.25, 0.3) is 0 Å². The predicted molar refractivity (Wildman–Crippen MR) is 146 cm³/mol. The van der Waals surface area contributed by atoms with Crippen LogP contribution in [0, 0.1) is 0 Å². The number of nitrogens with one attached hydrogen (secondary N) is 2. The first-order chi connectivity index (χ1) is 17.4. The van der Waals surface area contributed by atoms with Crippen molar-refractivity contribution in [1.29, 1.82) is 0 Å². The lowest BCUT2D eigenvalue weighted by atomic mass is 10.2. The number of hydrazone groups is 1. The second kappa shape index (κ2) is 12.0. The summed E-state index contributed by atoms with van der Waals surface area (Å²) >= 11 is 11.2. The molecule has 7 nitrogen and oxygen atoms in total. The molecule has 4 rings (SSSR count). The maximum Gasteiger partial charge on any atom is 0.243 e. The van der Waals surface area contributed by atoms with Gasteiger partial charge in [-0.1, -0.05) is 60.1 Å². The number of nitrogens with zero attached hydrogens (tertiary/aromatic N) is 2. The summed E-state index contributed by atoms with van der Waals surface area (Å²) in [5, 5.41) is 7.89. The van der Waals surface area contributed by atoms with Crippen molar-refractivity contribution in [3.63, 3.8) is 0 Å². The molecule has 1 aromatic heterocycles. The Hall–Kier alpha value is -3.50. The Morgan fingerprint density at radius 2 is 1.58 bits per heavy atom. The molecule has 0 atom stereocenters. The molecule has 184 valence electrons. The lowest BCUT2D eigenvalue weighted by Gasteiger charge is -2.21. The minimum Gasteiger partial charge on any atom is -0.459 e. The van der Waals surface area contributed by atoms with Gasteiger partial charge in [0.1, 0.15) is 11.5 Å². The third kappa shape index (κ3) is 7.02. The van der Waals surface area contributed by atoms with E-state index in [1.54, 1.807) is 24.3 Å².